The third-order valence-electron chi connectivity index (χ3n) is 5.32. The third kappa shape index (κ3) is 5.50. The van der Waals surface area contributed by atoms with Gasteiger partial charge in [-0.2, -0.15) is 4.98 Å². The first-order valence-corrected chi connectivity index (χ1v) is 11.3. The molecule has 1 heterocycles. The summed E-state index contributed by atoms with van der Waals surface area (Å²) in [6, 6.07) is 23.4. The van der Waals surface area contributed by atoms with Crippen LogP contribution in [0.25, 0.3) is 17.1 Å². The van der Waals surface area contributed by atoms with Gasteiger partial charge in [0.1, 0.15) is 6.61 Å². The van der Waals surface area contributed by atoms with Gasteiger partial charge in [0.2, 0.25) is 0 Å². The van der Waals surface area contributed by atoms with Crippen LogP contribution in [0, 0.1) is 13.8 Å². The first kappa shape index (κ1) is 23.2. The highest BCUT2D eigenvalue weighted by molar-refractivity contribution is 6.05. The standard InChI is InChI=1S/C27H28N4O3/c1-4-33-17-18-34-27-29-25(21-11-9-19(2)10-12-21)31(30-27)23-15-13-22(14-16-23)28-26(32)24-8-6-5-7-20(24)3/h5-16H,4,17-18H2,1-3H3,(H,28,32). The van der Waals surface area contributed by atoms with Crippen molar-refractivity contribution in [3.63, 3.8) is 0 Å². The predicted molar refractivity (Wildman–Crippen MR) is 133 cm³/mol. The number of amides is 1. The highest BCUT2D eigenvalue weighted by Crippen LogP contribution is 2.25. The van der Waals surface area contributed by atoms with Crippen molar-refractivity contribution in [2.45, 2.75) is 20.8 Å². The molecule has 1 N–H and O–H groups in total. The number of aromatic nitrogens is 3. The van der Waals surface area contributed by atoms with Gasteiger partial charge in [-0.25, -0.2) is 4.68 Å². The molecule has 0 spiro atoms. The number of ether oxygens (including phenoxy) is 2. The first-order chi connectivity index (χ1) is 16.5. The normalized spacial score (nSPS) is 10.8. The molecule has 0 radical (unpaired) electrons. The van der Waals surface area contributed by atoms with E-state index in [1.165, 1.54) is 0 Å². The molecule has 3 aromatic carbocycles. The zero-order chi connectivity index (χ0) is 23.9. The second-order valence-electron chi connectivity index (χ2n) is 7.86. The van der Waals surface area contributed by atoms with Crippen LogP contribution < -0.4 is 10.1 Å². The molecule has 0 bridgehead atoms. The Hall–Kier alpha value is -3.97. The van der Waals surface area contributed by atoms with Gasteiger partial charge in [0, 0.05) is 23.4 Å². The van der Waals surface area contributed by atoms with E-state index >= 15 is 0 Å². The molecule has 174 valence electrons. The SMILES string of the molecule is CCOCCOc1nc(-c2ccc(C)cc2)n(-c2ccc(NC(=O)c3ccccc3C)cc2)n1. The topological polar surface area (TPSA) is 78.3 Å². The second-order valence-corrected chi connectivity index (χ2v) is 7.86. The molecular weight excluding hydrogens is 428 g/mol. The average molecular weight is 457 g/mol. The van der Waals surface area contributed by atoms with Gasteiger partial charge in [-0.15, -0.1) is 5.10 Å². The minimum Gasteiger partial charge on any atom is -0.460 e. The van der Waals surface area contributed by atoms with E-state index in [-0.39, 0.29) is 11.9 Å². The number of carbonyl (C=O) groups excluding carboxylic acids is 1. The van der Waals surface area contributed by atoms with Gasteiger partial charge in [0.05, 0.1) is 12.3 Å². The lowest BCUT2D eigenvalue weighted by atomic mass is 10.1. The van der Waals surface area contributed by atoms with Crippen LogP contribution in [0.2, 0.25) is 0 Å². The van der Waals surface area contributed by atoms with Crippen molar-refractivity contribution in [1.82, 2.24) is 14.8 Å². The molecule has 0 atom stereocenters. The van der Waals surface area contributed by atoms with Gasteiger partial charge in [-0.1, -0.05) is 48.0 Å². The first-order valence-electron chi connectivity index (χ1n) is 11.3. The molecular formula is C27H28N4O3. The minimum absolute atomic E-state index is 0.142. The minimum atomic E-state index is -0.142. The summed E-state index contributed by atoms with van der Waals surface area (Å²) >= 11 is 0. The summed E-state index contributed by atoms with van der Waals surface area (Å²) in [5.41, 5.74) is 5.17. The van der Waals surface area contributed by atoms with E-state index in [0.717, 1.165) is 22.4 Å². The average Bonchev–Trinajstić information content (AvgIpc) is 3.27. The van der Waals surface area contributed by atoms with E-state index in [1.807, 2.05) is 93.6 Å². The van der Waals surface area contributed by atoms with Gasteiger partial charge in [-0.3, -0.25) is 4.79 Å². The smallest absolute Gasteiger partial charge is 0.336 e. The Morgan fingerprint density at radius 1 is 0.941 bits per heavy atom. The van der Waals surface area contributed by atoms with Crippen LogP contribution in [0.5, 0.6) is 6.01 Å². The van der Waals surface area contributed by atoms with Gasteiger partial charge in [-0.05, 0) is 56.7 Å². The van der Waals surface area contributed by atoms with Crippen LogP contribution in [0.3, 0.4) is 0 Å². The number of rotatable bonds is 9. The third-order valence-corrected chi connectivity index (χ3v) is 5.32. The van der Waals surface area contributed by atoms with Crippen LogP contribution >= 0.6 is 0 Å². The maximum Gasteiger partial charge on any atom is 0.336 e. The van der Waals surface area contributed by atoms with Crippen molar-refractivity contribution in [1.29, 1.82) is 0 Å². The Labute approximate surface area is 199 Å². The van der Waals surface area contributed by atoms with E-state index in [0.29, 0.717) is 36.9 Å². The molecule has 7 nitrogen and oxygen atoms in total. The quantitative estimate of drug-likeness (QED) is 0.350. The van der Waals surface area contributed by atoms with Crippen molar-refractivity contribution in [2.75, 3.05) is 25.1 Å². The number of nitrogens with one attached hydrogen (secondary N) is 1. The summed E-state index contributed by atoms with van der Waals surface area (Å²) in [6.07, 6.45) is 0. The lowest BCUT2D eigenvalue weighted by molar-refractivity contribution is 0.102. The summed E-state index contributed by atoms with van der Waals surface area (Å²) < 4.78 is 12.8. The number of aryl methyl sites for hydroxylation is 2. The van der Waals surface area contributed by atoms with Crippen LogP contribution in [0.4, 0.5) is 5.69 Å². The number of nitrogens with zero attached hydrogens (tertiary/aromatic N) is 3. The Balaban J connectivity index is 1.58. The Bertz CT molecular complexity index is 1250. The van der Waals surface area contributed by atoms with Crippen LogP contribution in [-0.4, -0.2) is 40.5 Å². The largest absolute Gasteiger partial charge is 0.460 e. The molecule has 0 fully saturated rings. The summed E-state index contributed by atoms with van der Waals surface area (Å²) in [6.45, 7) is 7.38. The number of hydrogen-bond acceptors (Lipinski definition) is 5. The van der Waals surface area contributed by atoms with Gasteiger partial charge in [0.15, 0.2) is 5.82 Å². The van der Waals surface area contributed by atoms with E-state index in [4.69, 9.17) is 9.47 Å². The lowest BCUT2D eigenvalue weighted by Gasteiger charge is -2.10. The number of carbonyl (C=O) groups is 1. The molecule has 7 heteroatoms. The molecule has 0 unspecified atom stereocenters. The molecule has 0 aliphatic heterocycles. The Morgan fingerprint density at radius 2 is 1.68 bits per heavy atom. The van der Waals surface area contributed by atoms with Gasteiger partial charge < -0.3 is 14.8 Å². The van der Waals surface area contributed by atoms with Crippen molar-refractivity contribution < 1.29 is 14.3 Å². The Kier molecular flexibility index (Phi) is 7.34. The molecule has 0 aliphatic carbocycles. The summed E-state index contributed by atoms with van der Waals surface area (Å²) in [7, 11) is 0. The number of benzene rings is 3. The van der Waals surface area contributed by atoms with Crippen LogP contribution in [-0.2, 0) is 4.74 Å². The lowest BCUT2D eigenvalue weighted by Crippen LogP contribution is -2.13. The van der Waals surface area contributed by atoms with E-state index < -0.39 is 0 Å². The van der Waals surface area contributed by atoms with Crippen molar-refractivity contribution in [2.24, 2.45) is 0 Å². The predicted octanol–water partition coefficient (Wildman–Crippen LogP) is 5.22. The van der Waals surface area contributed by atoms with Crippen molar-refractivity contribution >= 4 is 11.6 Å². The zero-order valence-electron chi connectivity index (χ0n) is 19.6. The molecule has 0 saturated heterocycles. The summed E-state index contributed by atoms with van der Waals surface area (Å²) in [5.74, 6) is 0.528. The number of anilines is 1. The fraction of sp³-hybridized carbons (Fsp3) is 0.222. The second kappa shape index (κ2) is 10.8. The molecule has 1 aromatic heterocycles. The summed E-state index contributed by atoms with van der Waals surface area (Å²) in [4.78, 5) is 17.2. The van der Waals surface area contributed by atoms with E-state index in [2.05, 4.69) is 15.4 Å². The van der Waals surface area contributed by atoms with Gasteiger partial charge >= 0.3 is 6.01 Å². The molecule has 0 saturated carbocycles. The molecule has 4 rings (SSSR count). The molecule has 34 heavy (non-hydrogen) atoms. The highest BCUT2D eigenvalue weighted by atomic mass is 16.5. The fourth-order valence-corrected chi connectivity index (χ4v) is 3.47. The maximum absolute atomic E-state index is 12.6. The molecule has 0 aliphatic rings. The van der Waals surface area contributed by atoms with E-state index in [9.17, 15) is 4.79 Å². The summed E-state index contributed by atoms with van der Waals surface area (Å²) in [5, 5.41) is 7.52. The Morgan fingerprint density at radius 3 is 2.38 bits per heavy atom. The molecule has 4 aromatic rings. The van der Waals surface area contributed by atoms with Crippen molar-refractivity contribution in [3.05, 3.63) is 89.5 Å². The monoisotopic (exact) mass is 456 g/mol. The zero-order valence-corrected chi connectivity index (χ0v) is 19.6. The van der Waals surface area contributed by atoms with Crippen LogP contribution in [0.1, 0.15) is 28.4 Å². The molecule has 1 amide bonds. The van der Waals surface area contributed by atoms with Crippen LogP contribution in [0.15, 0.2) is 72.8 Å². The highest BCUT2D eigenvalue weighted by Gasteiger charge is 2.15. The van der Waals surface area contributed by atoms with Crippen molar-refractivity contribution in [3.8, 4) is 23.1 Å². The van der Waals surface area contributed by atoms with E-state index in [1.54, 1.807) is 4.68 Å². The fourth-order valence-electron chi connectivity index (χ4n) is 3.47. The maximum atomic E-state index is 12.6. The van der Waals surface area contributed by atoms with Gasteiger partial charge in [0.25, 0.3) is 5.91 Å². The number of hydrogen-bond donors (Lipinski definition) is 1.